The largest absolute Gasteiger partial charge is 0.481 e. The summed E-state index contributed by atoms with van der Waals surface area (Å²) in [4.78, 5) is 12.5. The van der Waals surface area contributed by atoms with Crippen molar-refractivity contribution in [1.29, 1.82) is 0 Å². The van der Waals surface area contributed by atoms with Gasteiger partial charge in [0.05, 0.1) is 18.0 Å². The zero-order valence-corrected chi connectivity index (χ0v) is 17.2. The number of rotatable bonds is 8. The molecule has 2 aromatic carbocycles. The predicted octanol–water partition coefficient (Wildman–Crippen LogP) is 3.26. The van der Waals surface area contributed by atoms with Gasteiger partial charge >= 0.3 is 0 Å². The molecule has 0 heterocycles. The Morgan fingerprint density at radius 2 is 1.71 bits per heavy atom. The van der Waals surface area contributed by atoms with E-state index in [2.05, 4.69) is 5.32 Å². The topological polar surface area (TPSA) is 75.7 Å². The molecule has 6 nitrogen and oxygen atoms in total. The molecule has 0 saturated heterocycles. The molecule has 0 unspecified atom stereocenters. The maximum Gasteiger partial charge on any atom is 0.261 e. The fraction of sp³-hybridized carbons (Fsp3) is 0.350. The van der Waals surface area contributed by atoms with Gasteiger partial charge in [0.15, 0.2) is 6.10 Å². The number of hydrogen-bond donors (Lipinski definition) is 1. The Morgan fingerprint density at radius 1 is 1.14 bits per heavy atom. The van der Waals surface area contributed by atoms with Crippen molar-refractivity contribution in [3.05, 3.63) is 59.9 Å². The molecule has 0 aliphatic carbocycles. The summed E-state index contributed by atoms with van der Waals surface area (Å²) in [5.74, 6) is -0.152. The molecule has 0 radical (unpaired) electrons. The van der Waals surface area contributed by atoms with Crippen molar-refractivity contribution in [3.63, 3.8) is 0 Å². The van der Waals surface area contributed by atoms with Gasteiger partial charge in [-0.15, -0.1) is 0 Å². The van der Waals surface area contributed by atoms with E-state index in [-0.39, 0.29) is 17.8 Å². The number of ether oxygens (including phenoxy) is 1. The van der Waals surface area contributed by atoms with E-state index in [1.807, 2.05) is 13.8 Å². The fourth-order valence-corrected chi connectivity index (χ4v) is 3.06. The number of hydrogen-bond acceptors (Lipinski definition) is 4. The number of sulfonamides is 1. The van der Waals surface area contributed by atoms with Crippen LogP contribution in [0.15, 0.2) is 48.5 Å². The molecular formula is C20H25FN2O4S. The number of carbonyl (C=O) groups is 1. The first-order chi connectivity index (χ1) is 13.1. The van der Waals surface area contributed by atoms with Crippen molar-refractivity contribution in [1.82, 2.24) is 5.32 Å². The smallest absolute Gasteiger partial charge is 0.261 e. The lowest BCUT2D eigenvalue weighted by atomic mass is 10.1. The van der Waals surface area contributed by atoms with E-state index in [1.54, 1.807) is 36.4 Å². The van der Waals surface area contributed by atoms with Gasteiger partial charge in [-0.05, 0) is 55.3 Å². The van der Waals surface area contributed by atoms with Crippen LogP contribution in [0.3, 0.4) is 0 Å². The zero-order valence-electron chi connectivity index (χ0n) is 16.3. The molecule has 0 fully saturated rings. The van der Waals surface area contributed by atoms with Crippen molar-refractivity contribution < 1.29 is 22.3 Å². The Bertz CT molecular complexity index is 899. The minimum Gasteiger partial charge on any atom is -0.481 e. The summed E-state index contributed by atoms with van der Waals surface area (Å²) in [6, 6.07) is 12.1. The first-order valence-corrected chi connectivity index (χ1v) is 10.7. The number of carbonyl (C=O) groups excluding carboxylic acids is 1. The molecule has 0 aliphatic rings. The molecule has 2 aromatic rings. The van der Waals surface area contributed by atoms with Gasteiger partial charge in [0, 0.05) is 7.05 Å². The minimum absolute atomic E-state index is 0.281. The van der Waals surface area contributed by atoms with Gasteiger partial charge in [0.25, 0.3) is 5.91 Å². The van der Waals surface area contributed by atoms with Crippen LogP contribution >= 0.6 is 0 Å². The second kappa shape index (κ2) is 9.05. The molecule has 0 aliphatic heterocycles. The summed E-state index contributed by atoms with van der Waals surface area (Å²) in [5, 5.41) is 2.86. The van der Waals surface area contributed by atoms with Crippen LogP contribution in [0.1, 0.15) is 31.9 Å². The van der Waals surface area contributed by atoms with Gasteiger partial charge in [0.1, 0.15) is 11.6 Å². The van der Waals surface area contributed by atoms with Crippen LogP contribution in [0.25, 0.3) is 0 Å². The van der Waals surface area contributed by atoms with E-state index in [9.17, 15) is 17.6 Å². The summed E-state index contributed by atoms with van der Waals surface area (Å²) >= 11 is 0. The van der Waals surface area contributed by atoms with E-state index >= 15 is 0 Å². The molecule has 2 rings (SSSR count). The van der Waals surface area contributed by atoms with Gasteiger partial charge in [-0.2, -0.15) is 0 Å². The molecule has 0 saturated carbocycles. The molecule has 28 heavy (non-hydrogen) atoms. The standard InChI is InChI=1S/C20H25FN2O4S/c1-5-19(20(24)22-14(2)15-6-8-16(21)9-7-15)27-18-12-10-17(11-13-18)23(3)28(4,25)26/h6-14,19H,5H2,1-4H3,(H,22,24)/t14-,19-/m1/s1. The molecule has 0 spiro atoms. The Kier molecular flexibility index (Phi) is 7.01. The van der Waals surface area contributed by atoms with Gasteiger partial charge in [0.2, 0.25) is 10.0 Å². The number of halogens is 1. The van der Waals surface area contributed by atoms with Crippen molar-refractivity contribution in [2.75, 3.05) is 17.6 Å². The van der Waals surface area contributed by atoms with Crippen LogP contribution in [-0.4, -0.2) is 33.7 Å². The third-order valence-corrected chi connectivity index (χ3v) is 5.57. The quantitative estimate of drug-likeness (QED) is 0.728. The Balaban J connectivity index is 2.02. The second-order valence-corrected chi connectivity index (χ2v) is 8.53. The van der Waals surface area contributed by atoms with Crippen molar-refractivity contribution >= 4 is 21.6 Å². The van der Waals surface area contributed by atoms with E-state index in [0.29, 0.717) is 17.9 Å². The first-order valence-electron chi connectivity index (χ1n) is 8.88. The molecular weight excluding hydrogens is 383 g/mol. The molecule has 1 amide bonds. The SMILES string of the molecule is CC[C@@H](Oc1ccc(N(C)S(C)(=O)=O)cc1)C(=O)N[C@H](C)c1ccc(F)cc1. The third kappa shape index (κ3) is 5.69. The Labute approximate surface area is 165 Å². The lowest BCUT2D eigenvalue weighted by Gasteiger charge is -2.21. The first kappa shape index (κ1) is 21.7. The highest BCUT2D eigenvalue weighted by molar-refractivity contribution is 7.92. The fourth-order valence-electron chi connectivity index (χ4n) is 2.55. The van der Waals surface area contributed by atoms with Crippen LogP contribution in [-0.2, 0) is 14.8 Å². The van der Waals surface area contributed by atoms with Crippen LogP contribution < -0.4 is 14.4 Å². The van der Waals surface area contributed by atoms with Gasteiger partial charge in [-0.1, -0.05) is 19.1 Å². The average molecular weight is 408 g/mol. The summed E-state index contributed by atoms with van der Waals surface area (Å²) < 4.78 is 43.1. The van der Waals surface area contributed by atoms with Crippen LogP contribution in [0.2, 0.25) is 0 Å². The Morgan fingerprint density at radius 3 is 2.21 bits per heavy atom. The summed E-state index contributed by atoms with van der Waals surface area (Å²) in [6.45, 7) is 3.65. The highest BCUT2D eigenvalue weighted by atomic mass is 32.2. The monoisotopic (exact) mass is 408 g/mol. The van der Waals surface area contributed by atoms with Gasteiger partial charge < -0.3 is 10.1 Å². The normalized spacial score (nSPS) is 13.5. The van der Waals surface area contributed by atoms with Crippen LogP contribution in [0.4, 0.5) is 10.1 Å². The number of nitrogens with one attached hydrogen (secondary N) is 1. The number of benzene rings is 2. The number of amides is 1. The Hall–Kier alpha value is -2.61. The minimum atomic E-state index is -3.35. The van der Waals surface area contributed by atoms with Crippen molar-refractivity contribution in [2.45, 2.75) is 32.4 Å². The summed E-state index contributed by atoms with van der Waals surface area (Å²) in [7, 11) is -1.88. The van der Waals surface area contributed by atoms with Crippen molar-refractivity contribution in [3.8, 4) is 5.75 Å². The molecule has 0 bridgehead atoms. The summed E-state index contributed by atoms with van der Waals surface area (Å²) in [6.07, 6.45) is 0.866. The van der Waals surface area contributed by atoms with Gasteiger partial charge in [-0.25, -0.2) is 12.8 Å². The lowest BCUT2D eigenvalue weighted by molar-refractivity contribution is -0.128. The molecule has 8 heteroatoms. The lowest BCUT2D eigenvalue weighted by Crippen LogP contribution is -2.39. The average Bonchev–Trinajstić information content (AvgIpc) is 2.65. The predicted molar refractivity (Wildman–Crippen MR) is 107 cm³/mol. The van der Waals surface area contributed by atoms with E-state index in [0.717, 1.165) is 16.1 Å². The van der Waals surface area contributed by atoms with Crippen molar-refractivity contribution in [2.24, 2.45) is 0 Å². The molecule has 0 aromatic heterocycles. The van der Waals surface area contributed by atoms with Crippen LogP contribution in [0.5, 0.6) is 5.75 Å². The second-order valence-electron chi connectivity index (χ2n) is 6.52. The number of anilines is 1. The van der Waals surface area contributed by atoms with Gasteiger partial charge in [-0.3, -0.25) is 9.10 Å². The maximum atomic E-state index is 13.0. The molecule has 152 valence electrons. The number of nitrogens with zero attached hydrogens (tertiary/aromatic N) is 1. The zero-order chi connectivity index (χ0) is 20.9. The molecule has 1 N–H and O–H groups in total. The summed E-state index contributed by atoms with van der Waals surface area (Å²) in [5.41, 5.74) is 1.29. The van der Waals surface area contributed by atoms with E-state index in [1.165, 1.54) is 19.2 Å². The van der Waals surface area contributed by atoms with Crippen LogP contribution in [0, 0.1) is 5.82 Å². The van der Waals surface area contributed by atoms with E-state index < -0.39 is 16.1 Å². The third-order valence-electron chi connectivity index (χ3n) is 4.37. The highest BCUT2D eigenvalue weighted by Gasteiger charge is 2.21. The van der Waals surface area contributed by atoms with E-state index in [4.69, 9.17) is 4.74 Å². The highest BCUT2D eigenvalue weighted by Crippen LogP contribution is 2.22. The maximum absolute atomic E-state index is 13.0. The molecule has 2 atom stereocenters.